The van der Waals surface area contributed by atoms with Crippen LogP contribution < -0.4 is 5.73 Å². The first-order valence-electron chi connectivity index (χ1n) is 6.72. The molecule has 0 bridgehead atoms. The summed E-state index contributed by atoms with van der Waals surface area (Å²) in [6.45, 7) is 0. The van der Waals surface area contributed by atoms with Crippen LogP contribution in [0.2, 0.25) is 0 Å². The number of aryl methyl sites for hydroxylation is 1. The van der Waals surface area contributed by atoms with E-state index in [0.29, 0.717) is 11.3 Å². The fraction of sp³-hybridized carbons (Fsp3) is 0.250. The topological polar surface area (TPSA) is 74.3 Å². The van der Waals surface area contributed by atoms with Crippen LogP contribution in [0.1, 0.15) is 21.6 Å². The maximum absolute atomic E-state index is 13.7. The third-order valence-corrected chi connectivity index (χ3v) is 3.42. The number of benzene rings is 1. The van der Waals surface area contributed by atoms with Crippen LogP contribution in [0.4, 0.5) is 4.39 Å². The second kappa shape index (κ2) is 6.53. The molecule has 0 fully saturated rings. The summed E-state index contributed by atoms with van der Waals surface area (Å²) in [5, 5.41) is 0. The number of nitrogens with two attached hydrogens (primary N) is 1. The molecule has 0 radical (unpaired) electrons. The molecule has 1 aromatic carbocycles. The highest BCUT2D eigenvalue weighted by atomic mass is 19.1. The summed E-state index contributed by atoms with van der Waals surface area (Å²) in [5.41, 5.74) is 6.77. The molecular weight excluding hydrogens is 287 g/mol. The first-order chi connectivity index (χ1) is 10.4. The number of ketones is 1. The zero-order valence-electron chi connectivity index (χ0n) is 12.4. The van der Waals surface area contributed by atoms with Gasteiger partial charge >= 0.3 is 5.97 Å². The molecule has 0 aliphatic rings. The highest BCUT2D eigenvalue weighted by Gasteiger charge is 2.20. The normalized spacial score (nSPS) is 12.0. The monoisotopic (exact) mass is 304 g/mol. The Morgan fingerprint density at radius 3 is 2.68 bits per heavy atom. The van der Waals surface area contributed by atoms with E-state index < -0.39 is 23.6 Å². The number of nitrogens with zero attached hydrogens (tertiary/aromatic N) is 1. The van der Waals surface area contributed by atoms with Crippen LogP contribution in [0.3, 0.4) is 0 Å². The van der Waals surface area contributed by atoms with E-state index in [4.69, 9.17) is 5.73 Å². The first kappa shape index (κ1) is 15.9. The smallest absolute Gasteiger partial charge is 0.323 e. The van der Waals surface area contributed by atoms with Gasteiger partial charge in [0.15, 0.2) is 5.78 Å². The lowest BCUT2D eigenvalue weighted by Crippen LogP contribution is -2.34. The lowest BCUT2D eigenvalue weighted by Gasteiger charge is -2.09. The maximum atomic E-state index is 13.7. The summed E-state index contributed by atoms with van der Waals surface area (Å²) in [5.74, 6) is -1.50. The molecule has 22 heavy (non-hydrogen) atoms. The second-order valence-corrected chi connectivity index (χ2v) is 4.97. The average Bonchev–Trinajstić information content (AvgIpc) is 2.87. The number of methoxy groups -OCH3 is 1. The molecule has 2 aromatic rings. The molecule has 2 N–H and O–H groups in total. The third kappa shape index (κ3) is 3.23. The van der Waals surface area contributed by atoms with Crippen molar-refractivity contribution in [2.45, 2.75) is 12.5 Å². The Morgan fingerprint density at radius 2 is 2.05 bits per heavy atom. The van der Waals surface area contributed by atoms with E-state index in [1.807, 2.05) is 0 Å². The van der Waals surface area contributed by atoms with Crippen molar-refractivity contribution in [3.8, 4) is 0 Å². The molecular formula is C16H17FN2O3. The van der Waals surface area contributed by atoms with Crippen LogP contribution in [-0.4, -0.2) is 29.5 Å². The quantitative estimate of drug-likeness (QED) is 0.670. The van der Waals surface area contributed by atoms with E-state index in [1.54, 1.807) is 29.9 Å². The fourth-order valence-electron chi connectivity index (χ4n) is 2.20. The van der Waals surface area contributed by atoms with Gasteiger partial charge in [-0.25, -0.2) is 4.39 Å². The lowest BCUT2D eigenvalue weighted by molar-refractivity contribution is -0.142. The Morgan fingerprint density at radius 1 is 1.36 bits per heavy atom. The number of ether oxygens (including phenoxy) is 1. The Balaban J connectivity index is 2.24. The molecule has 5 nitrogen and oxygen atoms in total. The van der Waals surface area contributed by atoms with Gasteiger partial charge in [-0.05, 0) is 18.2 Å². The summed E-state index contributed by atoms with van der Waals surface area (Å²) in [7, 11) is 3.00. The van der Waals surface area contributed by atoms with Crippen molar-refractivity contribution in [3.63, 3.8) is 0 Å². The van der Waals surface area contributed by atoms with Gasteiger partial charge in [0.2, 0.25) is 0 Å². The summed E-state index contributed by atoms with van der Waals surface area (Å²) in [6, 6.07) is 6.60. The number of carbonyl (C=O) groups excluding carboxylic acids is 2. The number of rotatable bonds is 5. The van der Waals surface area contributed by atoms with Gasteiger partial charge in [0.1, 0.15) is 11.9 Å². The second-order valence-electron chi connectivity index (χ2n) is 4.97. The highest BCUT2D eigenvalue weighted by Crippen LogP contribution is 2.16. The van der Waals surface area contributed by atoms with E-state index >= 15 is 0 Å². The van der Waals surface area contributed by atoms with E-state index in [2.05, 4.69) is 4.74 Å². The standard InChI is InChI=1S/C16H17FN2O3/c1-19-9-10(7-11(19)8-14(18)16(21)22-2)15(20)12-5-3-4-6-13(12)17/h3-7,9,14H,8,18H2,1-2H3. The number of hydrogen-bond acceptors (Lipinski definition) is 4. The van der Waals surface area contributed by atoms with Gasteiger partial charge in [0, 0.05) is 30.9 Å². The Kier molecular flexibility index (Phi) is 4.72. The van der Waals surface area contributed by atoms with Crippen molar-refractivity contribution >= 4 is 11.8 Å². The van der Waals surface area contributed by atoms with Crippen molar-refractivity contribution in [3.05, 3.63) is 59.2 Å². The van der Waals surface area contributed by atoms with Gasteiger partial charge in [-0.15, -0.1) is 0 Å². The number of carbonyl (C=O) groups is 2. The van der Waals surface area contributed by atoms with Crippen molar-refractivity contribution in [2.75, 3.05) is 7.11 Å². The minimum atomic E-state index is -0.810. The Bertz CT molecular complexity index is 709. The molecule has 1 unspecified atom stereocenters. The predicted octanol–water partition coefficient (Wildman–Crippen LogP) is 1.44. The average molecular weight is 304 g/mol. The van der Waals surface area contributed by atoms with Crippen LogP contribution in [-0.2, 0) is 23.0 Å². The summed E-state index contributed by atoms with van der Waals surface area (Å²) < 4.78 is 20.0. The minimum absolute atomic E-state index is 0.0110. The molecule has 0 aliphatic heterocycles. The van der Waals surface area contributed by atoms with Crippen molar-refractivity contribution in [1.29, 1.82) is 0 Å². The van der Waals surface area contributed by atoms with E-state index in [-0.39, 0.29) is 12.0 Å². The van der Waals surface area contributed by atoms with Gasteiger partial charge in [-0.2, -0.15) is 0 Å². The molecule has 1 heterocycles. The molecule has 0 saturated heterocycles. The SMILES string of the molecule is COC(=O)C(N)Cc1cc(C(=O)c2ccccc2F)cn1C. The van der Waals surface area contributed by atoms with Gasteiger partial charge in [0.25, 0.3) is 0 Å². The number of halogens is 1. The van der Waals surface area contributed by atoms with Crippen molar-refractivity contribution in [2.24, 2.45) is 12.8 Å². The van der Waals surface area contributed by atoms with Gasteiger partial charge < -0.3 is 15.0 Å². The molecule has 0 saturated carbocycles. The number of aromatic nitrogens is 1. The van der Waals surface area contributed by atoms with Crippen LogP contribution in [0.25, 0.3) is 0 Å². The Labute approximate surface area is 127 Å². The van der Waals surface area contributed by atoms with E-state index in [1.165, 1.54) is 25.3 Å². The lowest BCUT2D eigenvalue weighted by atomic mass is 10.0. The molecule has 116 valence electrons. The summed E-state index contributed by atoms with van der Waals surface area (Å²) >= 11 is 0. The first-order valence-corrected chi connectivity index (χ1v) is 6.72. The highest BCUT2D eigenvalue weighted by molar-refractivity contribution is 6.09. The van der Waals surface area contributed by atoms with Crippen LogP contribution in [0.15, 0.2) is 36.5 Å². The Hall–Kier alpha value is -2.47. The molecule has 0 aliphatic carbocycles. The van der Waals surface area contributed by atoms with Crippen molar-refractivity contribution < 1.29 is 18.7 Å². The maximum Gasteiger partial charge on any atom is 0.323 e. The molecule has 1 aromatic heterocycles. The van der Waals surface area contributed by atoms with Gasteiger partial charge in [-0.3, -0.25) is 9.59 Å². The van der Waals surface area contributed by atoms with E-state index in [9.17, 15) is 14.0 Å². The fourth-order valence-corrected chi connectivity index (χ4v) is 2.20. The van der Waals surface area contributed by atoms with Crippen LogP contribution in [0.5, 0.6) is 0 Å². The molecule has 2 rings (SSSR count). The number of esters is 1. The third-order valence-electron chi connectivity index (χ3n) is 3.42. The zero-order chi connectivity index (χ0) is 16.3. The molecule has 0 amide bonds. The summed E-state index contributed by atoms with van der Waals surface area (Å²) in [6.07, 6.45) is 1.82. The zero-order valence-corrected chi connectivity index (χ0v) is 12.4. The van der Waals surface area contributed by atoms with Crippen LogP contribution in [0, 0.1) is 5.82 Å². The molecule has 0 spiro atoms. The largest absolute Gasteiger partial charge is 0.468 e. The number of hydrogen-bond donors (Lipinski definition) is 1. The van der Waals surface area contributed by atoms with Crippen LogP contribution >= 0.6 is 0 Å². The minimum Gasteiger partial charge on any atom is -0.468 e. The molecule has 1 atom stereocenters. The molecule has 6 heteroatoms. The predicted molar refractivity (Wildman–Crippen MR) is 78.9 cm³/mol. The van der Waals surface area contributed by atoms with Gasteiger partial charge in [0.05, 0.1) is 12.7 Å². The van der Waals surface area contributed by atoms with Gasteiger partial charge in [-0.1, -0.05) is 12.1 Å². The van der Waals surface area contributed by atoms with E-state index in [0.717, 1.165) is 0 Å². The van der Waals surface area contributed by atoms with Crippen molar-refractivity contribution in [1.82, 2.24) is 4.57 Å². The summed E-state index contributed by atoms with van der Waals surface area (Å²) in [4.78, 5) is 23.7.